The maximum Gasteiger partial charge on any atom is 0.264 e. The number of aromatic nitrogens is 1. The minimum absolute atomic E-state index is 0.508. The molecule has 60 valence electrons. The summed E-state index contributed by atoms with van der Waals surface area (Å²) in [4.78, 5) is 0. The van der Waals surface area contributed by atoms with Crippen LogP contribution in [0.3, 0.4) is 0 Å². The molecule has 0 saturated heterocycles. The lowest BCUT2D eigenvalue weighted by Crippen LogP contribution is -2.30. The second-order valence-corrected chi connectivity index (χ2v) is 4.02. The Morgan fingerprint density at radius 2 is 2.00 bits per heavy atom. The molecule has 0 bridgehead atoms. The number of alkyl halides is 1. The highest BCUT2D eigenvalue weighted by atomic mass is 79.9. The Morgan fingerprint density at radius 1 is 1.36 bits per heavy atom. The lowest BCUT2D eigenvalue weighted by atomic mass is 10.3. The highest BCUT2D eigenvalue weighted by Crippen LogP contribution is 2.17. The summed E-state index contributed by atoms with van der Waals surface area (Å²) in [7, 11) is 0. The van der Waals surface area contributed by atoms with Crippen LogP contribution >= 0.6 is 47.8 Å². The van der Waals surface area contributed by atoms with Gasteiger partial charge in [0.1, 0.15) is 0 Å². The molecule has 0 atom stereocenters. The van der Waals surface area contributed by atoms with Crippen LogP contribution < -0.4 is 4.73 Å². The van der Waals surface area contributed by atoms with Crippen LogP contribution in [0.25, 0.3) is 0 Å². The first kappa shape index (κ1) is 9.48. The van der Waals surface area contributed by atoms with Crippen molar-refractivity contribution in [2.45, 2.75) is 5.33 Å². The van der Waals surface area contributed by atoms with Gasteiger partial charge in [-0.2, -0.15) is 4.73 Å². The van der Waals surface area contributed by atoms with E-state index in [0.717, 1.165) is 10.3 Å². The minimum atomic E-state index is 0.508. The standard InChI is InChI=1S/C6H4Br3NO/c7-3-4-1-2-5(8)10(11)6(4)9/h1-2H,3H2. The lowest BCUT2D eigenvalue weighted by Gasteiger charge is -2.03. The molecule has 1 aromatic rings. The predicted octanol–water partition coefficient (Wildman–Crippen LogP) is 2.74. The first-order valence-corrected chi connectivity index (χ1v) is 5.50. The Bertz CT molecular complexity index is 277. The van der Waals surface area contributed by atoms with Gasteiger partial charge in [0, 0.05) is 48.8 Å². The fourth-order valence-corrected chi connectivity index (χ4v) is 2.47. The van der Waals surface area contributed by atoms with Crippen molar-refractivity contribution in [3.8, 4) is 0 Å². The molecule has 0 aliphatic carbocycles. The summed E-state index contributed by atoms with van der Waals surface area (Å²) in [5.74, 6) is 0. The molecule has 5 heteroatoms. The van der Waals surface area contributed by atoms with E-state index in [2.05, 4.69) is 47.8 Å². The molecule has 1 rings (SSSR count). The van der Waals surface area contributed by atoms with Gasteiger partial charge in [0.15, 0.2) is 0 Å². The smallest absolute Gasteiger partial charge is 0.264 e. The van der Waals surface area contributed by atoms with Crippen molar-refractivity contribution >= 4 is 47.8 Å². The van der Waals surface area contributed by atoms with Crippen molar-refractivity contribution in [2.75, 3.05) is 0 Å². The van der Waals surface area contributed by atoms with Gasteiger partial charge in [0.2, 0.25) is 0 Å². The van der Waals surface area contributed by atoms with Gasteiger partial charge >= 0.3 is 0 Å². The zero-order valence-corrected chi connectivity index (χ0v) is 10.1. The molecule has 0 N–H and O–H groups in total. The van der Waals surface area contributed by atoms with Crippen molar-refractivity contribution in [1.29, 1.82) is 0 Å². The normalized spacial score (nSPS) is 10.1. The molecule has 0 radical (unpaired) electrons. The van der Waals surface area contributed by atoms with Crippen molar-refractivity contribution in [1.82, 2.24) is 0 Å². The molecule has 0 aliphatic rings. The first-order valence-electron chi connectivity index (χ1n) is 2.79. The molecule has 0 aromatic carbocycles. The molecule has 0 spiro atoms. The lowest BCUT2D eigenvalue weighted by molar-refractivity contribution is -0.629. The summed E-state index contributed by atoms with van der Waals surface area (Å²) < 4.78 is 1.84. The third kappa shape index (κ3) is 1.95. The van der Waals surface area contributed by atoms with Gasteiger partial charge in [-0.15, -0.1) is 0 Å². The zero-order valence-electron chi connectivity index (χ0n) is 5.35. The van der Waals surface area contributed by atoms with Crippen LogP contribution in [0.4, 0.5) is 0 Å². The Hall–Kier alpha value is 0.390. The zero-order chi connectivity index (χ0) is 8.43. The fraction of sp³-hybridized carbons (Fsp3) is 0.167. The predicted molar refractivity (Wildman–Crippen MR) is 53.4 cm³/mol. The molecule has 0 saturated carbocycles. The van der Waals surface area contributed by atoms with E-state index in [0.29, 0.717) is 14.5 Å². The van der Waals surface area contributed by atoms with E-state index < -0.39 is 0 Å². The molecular weight excluding hydrogens is 342 g/mol. The summed E-state index contributed by atoms with van der Waals surface area (Å²) in [5.41, 5.74) is 0.934. The van der Waals surface area contributed by atoms with Gasteiger partial charge in [-0.1, -0.05) is 15.9 Å². The number of nitrogens with zero attached hydrogens (tertiary/aromatic N) is 1. The van der Waals surface area contributed by atoms with Crippen molar-refractivity contribution < 1.29 is 4.73 Å². The van der Waals surface area contributed by atoms with E-state index in [-0.39, 0.29) is 0 Å². The van der Waals surface area contributed by atoms with E-state index in [1.54, 1.807) is 6.07 Å². The summed E-state index contributed by atoms with van der Waals surface area (Å²) >= 11 is 9.57. The highest BCUT2D eigenvalue weighted by molar-refractivity contribution is 9.11. The largest absolute Gasteiger partial charge is 0.617 e. The molecule has 2 nitrogen and oxygen atoms in total. The van der Waals surface area contributed by atoms with E-state index in [1.807, 2.05) is 6.07 Å². The quantitative estimate of drug-likeness (QED) is 0.333. The summed E-state index contributed by atoms with van der Waals surface area (Å²) in [5, 5.41) is 11.8. The molecule has 1 heterocycles. The third-order valence-electron chi connectivity index (χ3n) is 1.20. The second kappa shape index (κ2) is 3.87. The van der Waals surface area contributed by atoms with E-state index in [9.17, 15) is 5.21 Å². The van der Waals surface area contributed by atoms with Crippen LogP contribution in [0.2, 0.25) is 0 Å². The van der Waals surface area contributed by atoms with E-state index in [4.69, 9.17) is 0 Å². The Kier molecular flexibility index (Phi) is 3.33. The minimum Gasteiger partial charge on any atom is -0.617 e. The van der Waals surface area contributed by atoms with Crippen LogP contribution in [0.1, 0.15) is 5.56 Å². The monoisotopic (exact) mass is 343 g/mol. The van der Waals surface area contributed by atoms with Gasteiger partial charge in [0.25, 0.3) is 9.21 Å². The summed E-state index contributed by atoms with van der Waals surface area (Å²) in [6.07, 6.45) is 0. The highest BCUT2D eigenvalue weighted by Gasteiger charge is 2.10. The van der Waals surface area contributed by atoms with Crippen LogP contribution in [-0.4, -0.2) is 0 Å². The molecule has 0 unspecified atom stereocenters. The van der Waals surface area contributed by atoms with E-state index in [1.165, 1.54) is 0 Å². The SMILES string of the molecule is [O-][n+]1c(Br)ccc(CBr)c1Br. The molecule has 1 aromatic heterocycles. The average molecular weight is 346 g/mol. The van der Waals surface area contributed by atoms with Gasteiger partial charge < -0.3 is 5.21 Å². The van der Waals surface area contributed by atoms with Crippen molar-refractivity contribution in [2.24, 2.45) is 0 Å². The van der Waals surface area contributed by atoms with Crippen molar-refractivity contribution in [3.63, 3.8) is 0 Å². The fourth-order valence-electron chi connectivity index (χ4n) is 0.630. The molecule has 0 fully saturated rings. The Labute approximate surface area is 89.6 Å². The number of pyridine rings is 1. The number of rotatable bonds is 1. The summed E-state index contributed by atoms with van der Waals surface area (Å²) in [6.45, 7) is 0. The van der Waals surface area contributed by atoms with Crippen LogP contribution in [0.15, 0.2) is 21.3 Å². The van der Waals surface area contributed by atoms with Crippen molar-refractivity contribution in [3.05, 3.63) is 32.1 Å². The van der Waals surface area contributed by atoms with Gasteiger partial charge in [-0.25, -0.2) is 0 Å². The number of hydrogen-bond donors (Lipinski definition) is 0. The third-order valence-corrected chi connectivity index (χ3v) is 3.23. The second-order valence-electron chi connectivity index (χ2n) is 1.90. The van der Waals surface area contributed by atoms with Gasteiger partial charge in [-0.3, -0.25) is 0 Å². The average Bonchev–Trinajstić information content (AvgIpc) is 2.01. The van der Waals surface area contributed by atoms with E-state index >= 15 is 0 Å². The molecular formula is C6H4Br3NO. The summed E-state index contributed by atoms with van der Waals surface area (Å²) in [6, 6.07) is 3.59. The first-order chi connectivity index (χ1) is 5.16. The van der Waals surface area contributed by atoms with Gasteiger partial charge in [-0.05, 0) is 6.07 Å². The maximum absolute atomic E-state index is 11.2. The molecule has 0 aliphatic heterocycles. The number of hydrogen-bond acceptors (Lipinski definition) is 1. The molecule has 11 heavy (non-hydrogen) atoms. The van der Waals surface area contributed by atoms with Crippen LogP contribution in [0.5, 0.6) is 0 Å². The van der Waals surface area contributed by atoms with Crippen LogP contribution in [-0.2, 0) is 5.33 Å². The Morgan fingerprint density at radius 3 is 2.55 bits per heavy atom. The van der Waals surface area contributed by atoms with Crippen LogP contribution in [0, 0.1) is 5.21 Å². The topological polar surface area (TPSA) is 26.9 Å². The molecule has 0 amide bonds. The maximum atomic E-state index is 11.2. The van der Waals surface area contributed by atoms with Gasteiger partial charge in [0.05, 0.1) is 0 Å². The Balaban J connectivity index is 3.25. The number of halogens is 3.